The van der Waals surface area contributed by atoms with Gasteiger partial charge in [-0.2, -0.15) is 0 Å². The predicted molar refractivity (Wildman–Crippen MR) is 71.0 cm³/mol. The molecule has 3 heteroatoms. The van der Waals surface area contributed by atoms with E-state index in [1.807, 2.05) is 20.8 Å². The van der Waals surface area contributed by atoms with Gasteiger partial charge in [-0.3, -0.25) is 4.90 Å². The molecule has 1 heterocycles. The van der Waals surface area contributed by atoms with E-state index < -0.39 is 5.60 Å². The molecular formula is C14H29NO2. The molecule has 1 saturated heterocycles. The van der Waals surface area contributed by atoms with E-state index in [-0.39, 0.29) is 6.10 Å². The number of hydrogen-bond acceptors (Lipinski definition) is 3. The highest BCUT2D eigenvalue weighted by molar-refractivity contribution is 4.83. The van der Waals surface area contributed by atoms with Crippen LogP contribution >= 0.6 is 0 Å². The molecule has 3 unspecified atom stereocenters. The van der Waals surface area contributed by atoms with E-state index in [0.29, 0.717) is 6.04 Å². The summed E-state index contributed by atoms with van der Waals surface area (Å²) in [6.07, 6.45) is 6.28. The third-order valence-corrected chi connectivity index (χ3v) is 3.92. The SMILES string of the molecule is CCC(C)(O)CN1CCCCCC1CC(C)O. The Morgan fingerprint density at radius 1 is 1.35 bits per heavy atom. The fourth-order valence-electron chi connectivity index (χ4n) is 2.65. The number of aliphatic hydroxyl groups excluding tert-OH is 1. The van der Waals surface area contributed by atoms with Crippen molar-refractivity contribution in [3.05, 3.63) is 0 Å². The van der Waals surface area contributed by atoms with E-state index >= 15 is 0 Å². The van der Waals surface area contributed by atoms with Crippen LogP contribution in [0.3, 0.4) is 0 Å². The van der Waals surface area contributed by atoms with Crippen LogP contribution in [0.15, 0.2) is 0 Å². The van der Waals surface area contributed by atoms with Crippen LogP contribution in [0, 0.1) is 0 Å². The summed E-state index contributed by atoms with van der Waals surface area (Å²) in [5, 5.41) is 19.8. The lowest BCUT2D eigenvalue weighted by Crippen LogP contribution is -2.46. The standard InChI is InChI=1S/C14H29NO2/c1-4-14(3,17)11-15-9-7-5-6-8-13(15)10-12(2)16/h12-13,16-17H,4-11H2,1-3H3. The third-order valence-electron chi connectivity index (χ3n) is 3.92. The molecule has 3 nitrogen and oxygen atoms in total. The zero-order valence-corrected chi connectivity index (χ0v) is 11.7. The molecule has 0 amide bonds. The summed E-state index contributed by atoms with van der Waals surface area (Å²) in [6, 6.07) is 0.440. The highest BCUT2D eigenvalue weighted by atomic mass is 16.3. The van der Waals surface area contributed by atoms with Crippen LogP contribution in [0.25, 0.3) is 0 Å². The Hall–Kier alpha value is -0.120. The van der Waals surface area contributed by atoms with Crippen molar-refractivity contribution in [2.24, 2.45) is 0 Å². The molecule has 0 aliphatic carbocycles. The van der Waals surface area contributed by atoms with Gasteiger partial charge in [-0.15, -0.1) is 0 Å². The lowest BCUT2D eigenvalue weighted by Gasteiger charge is -2.36. The molecule has 0 aromatic heterocycles. The van der Waals surface area contributed by atoms with Crippen molar-refractivity contribution in [3.63, 3.8) is 0 Å². The van der Waals surface area contributed by atoms with Crippen molar-refractivity contribution in [1.29, 1.82) is 0 Å². The van der Waals surface area contributed by atoms with Crippen LogP contribution in [-0.2, 0) is 0 Å². The number of hydrogen-bond donors (Lipinski definition) is 2. The van der Waals surface area contributed by atoms with Gasteiger partial charge in [0.1, 0.15) is 0 Å². The molecule has 1 aliphatic heterocycles. The van der Waals surface area contributed by atoms with E-state index in [2.05, 4.69) is 4.90 Å². The molecule has 0 aromatic carbocycles. The Kier molecular flexibility index (Phi) is 5.90. The van der Waals surface area contributed by atoms with E-state index in [0.717, 1.165) is 32.4 Å². The summed E-state index contributed by atoms with van der Waals surface area (Å²) >= 11 is 0. The van der Waals surface area contributed by atoms with Gasteiger partial charge in [-0.1, -0.05) is 19.8 Å². The molecule has 3 atom stereocenters. The molecule has 1 fully saturated rings. The van der Waals surface area contributed by atoms with Gasteiger partial charge in [0.2, 0.25) is 0 Å². The Balaban J connectivity index is 2.61. The molecule has 0 spiro atoms. The molecule has 102 valence electrons. The Bertz CT molecular complexity index is 216. The highest BCUT2D eigenvalue weighted by Crippen LogP contribution is 2.23. The summed E-state index contributed by atoms with van der Waals surface area (Å²) in [5.74, 6) is 0. The minimum atomic E-state index is -0.596. The van der Waals surface area contributed by atoms with Gasteiger partial charge in [-0.05, 0) is 46.1 Å². The van der Waals surface area contributed by atoms with Crippen molar-refractivity contribution >= 4 is 0 Å². The molecule has 17 heavy (non-hydrogen) atoms. The third kappa shape index (κ3) is 5.36. The summed E-state index contributed by atoms with van der Waals surface area (Å²) in [7, 11) is 0. The lowest BCUT2D eigenvalue weighted by molar-refractivity contribution is -0.00376. The van der Waals surface area contributed by atoms with Gasteiger partial charge < -0.3 is 10.2 Å². The van der Waals surface area contributed by atoms with Gasteiger partial charge in [-0.25, -0.2) is 0 Å². The molecule has 2 N–H and O–H groups in total. The van der Waals surface area contributed by atoms with Crippen molar-refractivity contribution in [3.8, 4) is 0 Å². The van der Waals surface area contributed by atoms with Gasteiger partial charge in [0, 0.05) is 12.6 Å². The molecule has 0 saturated carbocycles. The van der Waals surface area contributed by atoms with E-state index in [1.165, 1.54) is 19.3 Å². The van der Waals surface area contributed by atoms with E-state index in [9.17, 15) is 10.2 Å². The zero-order chi connectivity index (χ0) is 12.9. The average Bonchev–Trinajstić information content (AvgIpc) is 2.44. The summed E-state index contributed by atoms with van der Waals surface area (Å²) in [5.41, 5.74) is -0.596. The molecule has 0 aromatic rings. The van der Waals surface area contributed by atoms with E-state index in [1.54, 1.807) is 0 Å². The minimum absolute atomic E-state index is 0.243. The monoisotopic (exact) mass is 243 g/mol. The maximum atomic E-state index is 10.2. The van der Waals surface area contributed by atoms with Crippen LogP contribution in [0.4, 0.5) is 0 Å². The van der Waals surface area contributed by atoms with Crippen molar-refractivity contribution in [2.45, 2.75) is 77.0 Å². The summed E-state index contributed by atoms with van der Waals surface area (Å²) in [6.45, 7) is 7.61. The van der Waals surface area contributed by atoms with Gasteiger partial charge in [0.25, 0.3) is 0 Å². The predicted octanol–water partition coefficient (Wildman–Crippen LogP) is 2.16. The topological polar surface area (TPSA) is 43.7 Å². The van der Waals surface area contributed by atoms with Crippen LogP contribution in [0.5, 0.6) is 0 Å². The van der Waals surface area contributed by atoms with Gasteiger partial charge in [0.15, 0.2) is 0 Å². The molecular weight excluding hydrogens is 214 g/mol. The van der Waals surface area contributed by atoms with Gasteiger partial charge >= 0.3 is 0 Å². The van der Waals surface area contributed by atoms with Crippen LogP contribution < -0.4 is 0 Å². The van der Waals surface area contributed by atoms with Crippen LogP contribution in [-0.4, -0.2) is 45.9 Å². The maximum absolute atomic E-state index is 10.2. The molecule has 0 bridgehead atoms. The van der Waals surface area contributed by atoms with E-state index in [4.69, 9.17) is 0 Å². The number of nitrogens with zero attached hydrogens (tertiary/aromatic N) is 1. The Morgan fingerprint density at radius 2 is 2.06 bits per heavy atom. The lowest BCUT2D eigenvalue weighted by atomic mass is 9.99. The van der Waals surface area contributed by atoms with Crippen molar-refractivity contribution < 1.29 is 10.2 Å². The number of rotatable bonds is 5. The maximum Gasteiger partial charge on any atom is 0.0743 e. The molecule has 1 aliphatic rings. The van der Waals surface area contributed by atoms with Crippen molar-refractivity contribution in [1.82, 2.24) is 4.90 Å². The van der Waals surface area contributed by atoms with Gasteiger partial charge in [0.05, 0.1) is 11.7 Å². The smallest absolute Gasteiger partial charge is 0.0743 e. The molecule has 1 rings (SSSR count). The Labute approximate surface area is 106 Å². The number of likely N-dealkylation sites (tertiary alicyclic amines) is 1. The Morgan fingerprint density at radius 3 is 2.65 bits per heavy atom. The first-order valence-electron chi connectivity index (χ1n) is 7.09. The second kappa shape index (κ2) is 6.72. The zero-order valence-electron chi connectivity index (χ0n) is 11.7. The summed E-state index contributed by atoms with van der Waals surface area (Å²) < 4.78 is 0. The van der Waals surface area contributed by atoms with Crippen molar-refractivity contribution in [2.75, 3.05) is 13.1 Å². The quantitative estimate of drug-likeness (QED) is 0.777. The largest absolute Gasteiger partial charge is 0.393 e. The fraction of sp³-hybridized carbons (Fsp3) is 1.00. The number of aliphatic hydroxyl groups is 2. The van der Waals surface area contributed by atoms with Crippen LogP contribution in [0.2, 0.25) is 0 Å². The second-order valence-corrected chi connectivity index (χ2v) is 5.91. The minimum Gasteiger partial charge on any atom is -0.393 e. The number of β-amino-alcohol motifs (C(OH)–C–C–N with tert-alkyl or cyclic N) is 1. The molecule has 0 radical (unpaired) electrons. The fourth-order valence-corrected chi connectivity index (χ4v) is 2.65. The first kappa shape index (κ1) is 14.9. The highest BCUT2D eigenvalue weighted by Gasteiger charge is 2.28. The van der Waals surface area contributed by atoms with Crippen LogP contribution in [0.1, 0.15) is 59.3 Å². The normalized spacial score (nSPS) is 28.4. The first-order valence-corrected chi connectivity index (χ1v) is 7.09. The second-order valence-electron chi connectivity index (χ2n) is 5.91. The average molecular weight is 243 g/mol. The summed E-state index contributed by atoms with van der Waals surface area (Å²) in [4.78, 5) is 2.39. The first-order chi connectivity index (χ1) is 7.94.